The quantitative estimate of drug-likeness (QED) is 0.295. The smallest absolute Gasteiger partial charge is 0.264 e. The Bertz CT molecular complexity index is 1460. The maximum absolute atomic E-state index is 13.5. The fourth-order valence-electron chi connectivity index (χ4n) is 3.69. The maximum atomic E-state index is 13.5. The van der Waals surface area contributed by atoms with Gasteiger partial charge in [-0.2, -0.15) is 0 Å². The van der Waals surface area contributed by atoms with Crippen LogP contribution >= 0.6 is 0 Å². The second-order valence-electron chi connectivity index (χ2n) is 8.33. The molecule has 196 valence electrons. The van der Waals surface area contributed by atoms with Gasteiger partial charge >= 0.3 is 0 Å². The molecule has 0 saturated carbocycles. The van der Waals surface area contributed by atoms with E-state index in [-0.39, 0.29) is 22.9 Å². The molecular formula is C29H27FN2O5S. The van der Waals surface area contributed by atoms with Crippen LogP contribution in [-0.4, -0.2) is 28.0 Å². The van der Waals surface area contributed by atoms with Crippen molar-refractivity contribution < 1.29 is 27.1 Å². The summed E-state index contributed by atoms with van der Waals surface area (Å²) in [6, 6.07) is 27.8. The zero-order chi connectivity index (χ0) is 27.0. The van der Waals surface area contributed by atoms with Crippen LogP contribution in [0, 0.1) is 5.82 Å². The Morgan fingerprint density at radius 2 is 1.47 bits per heavy atom. The molecule has 0 saturated heterocycles. The number of halogens is 1. The molecule has 0 fully saturated rings. The first kappa shape index (κ1) is 26.7. The molecule has 0 unspecified atom stereocenters. The number of ether oxygens (including phenoxy) is 2. The standard InChI is InChI=1S/C29H27FN2O5S/c1-36-28-10-6-5-9-27(28)32(38(34,35)26-7-3-2-4-8-26)20-29(33)31-19-22-13-17-25(18-14-22)37-21-23-11-15-24(30)16-12-23/h2-18H,19-21H2,1H3,(H,31,33). The Balaban J connectivity index is 1.42. The van der Waals surface area contributed by atoms with Crippen LogP contribution in [0.4, 0.5) is 10.1 Å². The van der Waals surface area contributed by atoms with Gasteiger partial charge in [-0.05, 0) is 59.7 Å². The Morgan fingerprint density at radius 3 is 2.16 bits per heavy atom. The van der Waals surface area contributed by atoms with Crippen molar-refractivity contribution in [2.75, 3.05) is 18.0 Å². The summed E-state index contributed by atoms with van der Waals surface area (Å²) in [5.74, 6) is 0.174. The monoisotopic (exact) mass is 534 g/mol. The van der Waals surface area contributed by atoms with Crippen LogP contribution in [0.1, 0.15) is 11.1 Å². The minimum atomic E-state index is -4.05. The van der Waals surface area contributed by atoms with E-state index in [1.807, 2.05) is 0 Å². The number of para-hydroxylation sites is 2. The largest absolute Gasteiger partial charge is 0.495 e. The molecule has 1 amide bonds. The summed E-state index contributed by atoms with van der Waals surface area (Å²) in [6.07, 6.45) is 0. The van der Waals surface area contributed by atoms with Crippen LogP contribution in [0.25, 0.3) is 0 Å². The van der Waals surface area contributed by atoms with Gasteiger partial charge in [0.2, 0.25) is 5.91 Å². The van der Waals surface area contributed by atoms with Crippen molar-refractivity contribution in [3.8, 4) is 11.5 Å². The third-order valence-electron chi connectivity index (χ3n) is 5.70. The summed E-state index contributed by atoms with van der Waals surface area (Å²) in [5.41, 5.74) is 1.91. The van der Waals surface area contributed by atoms with E-state index in [9.17, 15) is 17.6 Å². The van der Waals surface area contributed by atoms with Gasteiger partial charge in [-0.15, -0.1) is 0 Å². The lowest BCUT2D eigenvalue weighted by Crippen LogP contribution is -2.40. The predicted molar refractivity (Wildman–Crippen MR) is 143 cm³/mol. The SMILES string of the molecule is COc1ccccc1N(CC(=O)NCc1ccc(OCc2ccc(F)cc2)cc1)S(=O)(=O)c1ccccc1. The van der Waals surface area contributed by atoms with Crippen LogP contribution in [-0.2, 0) is 28.0 Å². The average Bonchev–Trinajstić information content (AvgIpc) is 2.95. The van der Waals surface area contributed by atoms with Crippen LogP contribution in [0.3, 0.4) is 0 Å². The summed E-state index contributed by atoms with van der Waals surface area (Å²) >= 11 is 0. The molecule has 0 bridgehead atoms. The minimum absolute atomic E-state index is 0.0648. The molecule has 0 aliphatic rings. The van der Waals surface area contributed by atoms with Crippen LogP contribution < -0.4 is 19.1 Å². The highest BCUT2D eigenvalue weighted by Gasteiger charge is 2.29. The number of anilines is 1. The molecule has 7 nitrogen and oxygen atoms in total. The normalized spacial score (nSPS) is 11.0. The van der Waals surface area contributed by atoms with Crippen molar-refractivity contribution >= 4 is 21.6 Å². The Morgan fingerprint density at radius 1 is 0.842 bits per heavy atom. The molecule has 1 N–H and O–H groups in total. The fourth-order valence-corrected chi connectivity index (χ4v) is 5.15. The van der Waals surface area contributed by atoms with Gasteiger partial charge < -0.3 is 14.8 Å². The molecule has 0 aliphatic heterocycles. The summed E-state index contributed by atoms with van der Waals surface area (Å²) in [6.45, 7) is 0.0593. The third kappa shape index (κ3) is 6.68. The highest BCUT2D eigenvalue weighted by molar-refractivity contribution is 7.92. The van der Waals surface area contributed by atoms with Crippen molar-refractivity contribution in [3.63, 3.8) is 0 Å². The number of carbonyl (C=O) groups is 1. The van der Waals surface area contributed by atoms with Gasteiger partial charge in [-0.1, -0.05) is 54.6 Å². The van der Waals surface area contributed by atoms with E-state index in [1.54, 1.807) is 78.9 Å². The minimum Gasteiger partial charge on any atom is -0.495 e. The first-order valence-electron chi connectivity index (χ1n) is 11.8. The number of hydrogen-bond donors (Lipinski definition) is 1. The Kier molecular flexibility index (Phi) is 8.60. The van der Waals surface area contributed by atoms with E-state index in [0.717, 1.165) is 15.4 Å². The van der Waals surface area contributed by atoms with Gasteiger partial charge in [-0.25, -0.2) is 12.8 Å². The second kappa shape index (κ2) is 12.2. The molecule has 0 spiro atoms. The van der Waals surface area contributed by atoms with Gasteiger partial charge in [0.05, 0.1) is 17.7 Å². The third-order valence-corrected chi connectivity index (χ3v) is 7.48. The number of rotatable bonds is 11. The fraction of sp³-hybridized carbons (Fsp3) is 0.138. The summed E-state index contributed by atoms with van der Waals surface area (Å²) < 4.78 is 52.1. The van der Waals surface area contributed by atoms with Crippen LogP contribution in [0.15, 0.2) is 108 Å². The van der Waals surface area contributed by atoms with E-state index >= 15 is 0 Å². The van der Waals surface area contributed by atoms with Crippen molar-refractivity contribution in [1.82, 2.24) is 5.32 Å². The lowest BCUT2D eigenvalue weighted by Gasteiger charge is -2.25. The molecule has 9 heteroatoms. The summed E-state index contributed by atoms with van der Waals surface area (Å²) in [4.78, 5) is 13.0. The zero-order valence-electron chi connectivity index (χ0n) is 20.7. The number of hydrogen-bond acceptors (Lipinski definition) is 5. The lowest BCUT2D eigenvalue weighted by molar-refractivity contribution is -0.119. The van der Waals surface area contributed by atoms with Gasteiger partial charge in [0.25, 0.3) is 10.0 Å². The lowest BCUT2D eigenvalue weighted by atomic mass is 10.2. The number of methoxy groups -OCH3 is 1. The molecule has 0 heterocycles. The highest BCUT2D eigenvalue weighted by atomic mass is 32.2. The van der Waals surface area contributed by atoms with Crippen molar-refractivity contribution in [2.45, 2.75) is 18.0 Å². The molecule has 4 aromatic carbocycles. The van der Waals surface area contributed by atoms with Gasteiger partial charge in [0.15, 0.2) is 0 Å². The molecule has 0 aromatic heterocycles. The number of carbonyl (C=O) groups excluding carboxylic acids is 1. The summed E-state index contributed by atoms with van der Waals surface area (Å²) in [5, 5.41) is 2.78. The Labute approximate surface area is 221 Å². The molecule has 4 aromatic rings. The van der Waals surface area contributed by atoms with E-state index < -0.39 is 22.5 Å². The first-order chi connectivity index (χ1) is 18.4. The average molecular weight is 535 g/mol. The highest BCUT2D eigenvalue weighted by Crippen LogP contribution is 2.32. The van der Waals surface area contributed by atoms with Crippen molar-refractivity contribution in [2.24, 2.45) is 0 Å². The molecule has 38 heavy (non-hydrogen) atoms. The number of nitrogens with zero attached hydrogens (tertiary/aromatic N) is 1. The molecular weight excluding hydrogens is 507 g/mol. The number of amides is 1. The number of nitrogens with one attached hydrogen (secondary N) is 1. The molecule has 4 rings (SSSR count). The van der Waals surface area contributed by atoms with Crippen molar-refractivity contribution in [1.29, 1.82) is 0 Å². The number of benzene rings is 4. The van der Waals surface area contributed by atoms with Gasteiger partial charge in [0.1, 0.15) is 30.5 Å². The van der Waals surface area contributed by atoms with E-state index in [4.69, 9.17) is 9.47 Å². The van der Waals surface area contributed by atoms with Crippen molar-refractivity contribution in [3.05, 3.63) is 120 Å². The van der Waals surface area contributed by atoms with Gasteiger partial charge in [-0.3, -0.25) is 9.10 Å². The maximum Gasteiger partial charge on any atom is 0.264 e. The van der Waals surface area contributed by atoms with Crippen LogP contribution in [0.5, 0.6) is 11.5 Å². The van der Waals surface area contributed by atoms with E-state index in [2.05, 4.69) is 5.32 Å². The topological polar surface area (TPSA) is 84.9 Å². The first-order valence-corrected chi connectivity index (χ1v) is 13.2. The predicted octanol–water partition coefficient (Wildman–Crippen LogP) is 4.93. The molecule has 0 atom stereocenters. The van der Waals surface area contributed by atoms with E-state index in [1.165, 1.54) is 31.4 Å². The Hall–Kier alpha value is -4.37. The van der Waals surface area contributed by atoms with Gasteiger partial charge in [0, 0.05) is 6.54 Å². The zero-order valence-corrected chi connectivity index (χ0v) is 21.5. The number of sulfonamides is 1. The molecule has 0 radical (unpaired) electrons. The van der Waals surface area contributed by atoms with E-state index in [0.29, 0.717) is 18.1 Å². The van der Waals surface area contributed by atoms with Crippen LogP contribution in [0.2, 0.25) is 0 Å². The second-order valence-corrected chi connectivity index (χ2v) is 10.2. The molecule has 0 aliphatic carbocycles. The summed E-state index contributed by atoms with van der Waals surface area (Å²) in [7, 11) is -2.60.